The molecule has 2 aromatic carbocycles. The van der Waals surface area contributed by atoms with E-state index in [2.05, 4.69) is 12.1 Å². The Balaban J connectivity index is 1.81. The first-order chi connectivity index (χ1) is 9.65. The molecule has 0 aromatic heterocycles. The molecule has 0 amide bonds. The summed E-state index contributed by atoms with van der Waals surface area (Å²) in [5.41, 5.74) is 7.57. The smallest absolute Gasteiger partial charge is 0.0587 e. The average molecular weight is 324 g/mol. The highest BCUT2D eigenvalue weighted by Crippen LogP contribution is 2.40. The Labute approximate surface area is 130 Å². The van der Waals surface area contributed by atoms with Crippen molar-refractivity contribution in [3.63, 3.8) is 0 Å². The van der Waals surface area contributed by atoms with Gasteiger partial charge in [0.1, 0.15) is 0 Å². The highest BCUT2D eigenvalue weighted by atomic mass is 35.5. The molecule has 0 saturated carbocycles. The second-order valence-corrected chi connectivity index (χ2v) is 7.68. The minimum Gasteiger partial charge on any atom is -0.399 e. The summed E-state index contributed by atoms with van der Waals surface area (Å²) in [4.78, 5) is 1.98. The van der Waals surface area contributed by atoms with Crippen LogP contribution in [0.1, 0.15) is 11.5 Å². The van der Waals surface area contributed by atoms with Gasteiger partial charge in [-0.05, 0) is 29.8 Å². The highest BCUT2D eigenvalue weighted by molar-refractivity contribution is 7.99. The number of halogens is 1. The van der Waals surface area contributed by atoms with Crippen molar-refractivity contribution in [1.82, 2.24) is 0 Å². The molecule has 104 valence electrons. The van der Waals surface area contributed by atoms with Crippen molar-refractivity contribution in [2.45, 2.75) is 15.7 Å². The van der Waals surface area contributed by atoms with Crippen molar-refractivity contribution < 1.29 is 4.21 Å². The summed E-state index contributed by atoms with van der Waals surface area (Å²) in [5, 5.41) is 0.488. The van der Waals surface area contributed by atoms with Gasteiger partial charge in [0.25, 0.3) is 0 Å². The highest BCUT2D eigenvalue weighted by Gasteiger charge is 2.25. The van der Waals surface area contributed by atoms with Crippen LogP contribution in [0, 0.1) is 0 Å². The average Bonchev–Trinajstić information content (AvgIpc) is 2.82. The van der Waals surface area contributed by atoms with Gasteiger partial charge in [0.05, 0.1) is 20.7 Å². The monoisotopic (exact) mass is 323 g/mol. The molecular formula is C15H14ClNOS2. The molecule has 2 N–H and O–H groups in total. The lowest BCUT2D eigenvalue weighted by Crippen LogP contribution is -2.09. The molecule has 1 aliphatic heterocycles. The number of thioether (sulfide) groups is 1. The lowest BCUT2D eigenvalue weighted by molar-refractivity contribution is 0.678. The zero-order valence-electron chi connectivity index (χ0n) is 10.7. The SMILES string of the molecule is Nc1ccc(S(=O)CC2CSc3ccccc32)c(Cl)c1. The molecular weight excluding hydrogens is 310 g/mol. The van der Waals surface area contributed by atoms with E-state index in [-0.39, 0.29) is 0 Å². The van der Waals surface area contributed by atoms with Crippen LogP contribution in [-0.2, 0) is 10.8 Å². The van der Waals surface area contributed by atoms with Gasteiger partial charge in [-0.3, -0.25) is 4.21 Å². The van der Waals surface area contributed by atoms with Crippen LogP contribution < -0.4 is 5.73 Å². The fraction of sp³-hybridized carbons (Fsp3) is 0.200. The Morgan fingerprint density at radius 2 is 2.10 bits per heavy atom. The lowest BCUT2D eigenvalue weighted by atomic mass is 10.0. The number of fused-ring (bicyclic) bond motifs is 1. The van der Waals surface area contributed by atoms with E-state index in [0.29, 0.717) is 27.3 Å². The number of anilines is 1. The van der Waals surface area contributed by atoms with Gasteiger partial charge in [-0.15, -0.1) is 11.8 Å². The number of nitrogens with two attached hydrogens (primary N) is 1. The number of benzene rings is 2. The Morgan fingerprint density at radius 3 is 2.90 bits per heavy atom. The molecule has 0 spiro atoms. The summed E-state index contributed by atoms with van der Waals surface area (Å²) in [7, 11) is -1.10. The fourth-order valence-electron chi connectivity index (χ4n) is 2.34. The van der Waals surface area contributed by atoms with E-state index in [1.54, 1.807) is 18.2 Å². The van der Waals surface area contributed by atoms with Gasteiger partial charge in [-0.2, -0.15) is 0 Å². The van der Waals surface area contributed by atoms with Gasteiger partial charge in [0.15, 0.2) is 0 Å². The van der Waals surface area contributed by atoms with E-state index in [1.807, 2.05) is 23.9 Å². The molecule has 0 fully saturated rings. The topological polar surface area (TPSA) is 43.1 Å². The number of hydrogen-bond acceptors (Lipinski definition) is 3. The number of rotatable bonds is 3. The number of nitrogen functional groups attached to an aromatic ring is 1. The fourth-order valence-corrected chi connectivity index (χ4v) is 5.53. The Bertz CT molecular complexity index is 675. The van der Waals surface area contributed by atoms with Crippen LogP contribution in [0.15, 0.2) is 52.3 Å². The number of hydrogen-bond donors (Lipinski definition) is 1. The van der Waals surface area contributed by atoms with Crippen molar-refractivity contribution in [2.75, 3.05) is 17.2 Å². The Morgan fingerprint density at radius 1 is 1.30 bits per heavy atom. The minimum absolute atomic E-state index is 0.325. The van der Waals surface area contributed by atoms with Crippen LogP contribution in [0.5, 0.6) is 0 Å². The van der Waals surface area contributed by atoms with Crippen molar-refractivity contribution in [3.8, 4) is 0 Å². The van der Waals surface area contributed by atoms with Crippen molar-refractivity contribution in [2.24, 2.45) is 0 Å². The van der Waals surface area contributed by atoms with Crippen LogP contribution in [0.3, 0.4) is 0 Å². The quantitative estimate of drug-likeness (QED) is 0.871. The molecule has 0 radical (unpaired) electrons. The van der Waals surface area contributed by atoms with E-state index >= 15 is 0 Å². The molecule has 2 nitrogen and oxygen atoms in total. The molecule has 0 bridgehead atoms. The molecule has 0 aliphatic carbocycles. The van der Waals surface area contributed by atoms with Crippen molar-refractivity contribution in [1.29, 1.82) is 0 Å². The van der Waals surface area contributed by atoms with E-state index in [9.17, 15) is 4.21 Å². The molecule has 1 heterocycles. The van der Waals surface area contributed by atoms with Gasteiger partial charge in [0, 0.05) is 28.0 Å². The summed E-state index contributed by atoms with van der Waals surface area (Å²) >= 11 is 7.96. The molecule has 2 atom stereocenters. The largest absolute Gasteiger partial charge is 0.399 e. The Hall–Kier alpha value is -0.970. The third kappa shape index (κ3) is 2.73. The van der Waals surface area contributed by atoms with E-state index in [1.165, 1.54) is 10.5 Å². The second kappa shape index (κ2) is 5.80. The first-order valence-corrected chi connectivity index (χ1v) is 8.98. The van der Waals surface area contributed by atoms with Crippen molar-refractivity contribution >= 4 is 39.8 Å². The molecule has 1 aliphatic rings. The van der Waals surface area contributed by atoms with Crippen LogP contribution in [0.25, 0.3) is 0 Å². The molecule has 0 saturated heterocycles. The summed E-state index contributed by atoms with van der Waals surface area (Å²) in [6.45, 7) is 0. The maximum Gasteiger partial charge on any atom is 0.0587 e. The summed E-state index contributed by atoms with van der Waals surface area (Å²) in [5.74, 6) is 1.91. The third-order valence-corrected chi connectivity index (χ3v) is 6.58. The van der Waals surface area contributed by atoms with E-state index in [4.69, 9.17) is 17.3 Å². The first-order valence-electron chi connectivity index (χ1n) is 6.30. The standard InChI is InChI=1S/C15H14ClNOS2/c16-13-7-11(17)5-6-15(13)20(18)9-10-8-19-14-4-2-1-3-12(10)14/h1-7,10H,8-9,17H2. The summed E-state index contributed by atoms with van der Waals surface area (Å²) < 4.78 is 12.5. The summed E-state index contributed by atoms with van der Waals surface area (Å²) in [6.07, 6.45) is 0. The predicted molar refractivity (Wildman–Crippen MR) is 87.0 cm³/mol. The molecule has 20 heavy (non-hydrogen) atoms. The third-order valence-electron chi connectivity index (χ3n) is 3.35. The first kappa shape index (κ1) is 14.0. The second-order valence-electron chi connectivity index (χ2n) is 4.75. The van der Waals surface area contributed by atoms with Crippen LogP contribution in [0.4, 0.5) is 5.69 Å². The van der Waals surface area contributed by atoms with Gasteiger partial charge < -0.3 is 5.73 Å². The van der Waals surface area contributed by atoms with Gasteiger partial charge in [0.2, 0.25) is 0 Å². The zero-order chi connectivity index (χ0) is 14.1. The summed E-state index contributed by atoms with van der Waals surface area (Å²) in [6, 6.07) is 13.5. The lowest BCUT2D eigenvalue weighted by Gasteiger charge is -2.11. The van der Waals surface area contributed by atoms with Gasteiger partial charge in [-0.1, -0.05) is 29.8 Å². The van der Waals surface area contributed by atoms with Gasteiger partial charge in [-0.25, -0.2) is 0 Å². The molecule has 2 unspecified atom stereocenters. The predicted octanol–water partition coefficient (Wildman–Crippen LogP) is 3.92. The maximum atomic E-state index is 12.5. The van der Waals surface area contributed by atoms with E-state index in [0.717, 1.165) is 5.75 Å². The van der Waals surface area contributed by atoms with Gasteiger partial charge >= 0.3 is 0 Å². The normalized spacial score (nSPS) is 18.8. The van der Waals surface area contributed by atoms with Crippen LogP contribution in [0.2, 0.25) is 5.02 Å². The Kier molecular flexibility index (Phi) is 4.06. The molecule has 3 rings (SSSR count). The molecule has 2 aromatic rings. The minimum atomic E-state index is -1.10. The van der Waals surface area contributed by atoms with Crippen LogP contribution >= 0.6 is 23.4 Å². The van der Waals surface area contributed by atoms with Crippen molar-refractivity contribution in [3.05, 3.63) is 53.1 Å². The molecule has 5 heteroatoms. The van der Waals surface area contributed by atoms with Crippen LogP contribution in [-0.4, -0.2) is 15.7 Å². The zero-order valence-corrected chi connectivity index (χ0v) is 13.1. The maximum absolute atomic E-state index is 12.5. The van der Waals surface area contributed by atoms with E-state index < -0.39 is 10.8 Å².